The molecule has 0 saturated heterocycles. The van der Waals surface area contributed by atoms with Crippen molar-refractivity contribution in [2.45, 2.75) is 38.6 Å². The van der Waals surface area contributed by atoms with Gasteiger partial charge in [-0.1, -0.05) is 31.4 Å². The van der Waals surface area contributed by atoms with E-state index >= 15 is 0 Å². The fourth-order valence-corrected chi connectivity index (χ4v) is 3.10. The molecule has 106 valence electrons. The van der Waals surface area contributed by atoms with E-state index in [-0.39, 0.29) is 10.7 Å². The normalized spacial score (nSPS) is 23.4. The minimum atomic E-state index is -0.514. The average Bonchev–Trinajstić information content (AvgIpc) is 2.36. The maximum absolute atomic E-state index is 14.3. The summed E-state index contributed by atoms with van der Waals surface area (Å²) >= 11 is 5.88. The van der Waals surface area contributed by atoms with E-state index in [1.54, 1.807) is 0 Å². The number of hydrogen-bond donors (Lipinski definition) is 2. The second kappa shape index (κ2) is 5.45. The fourth-order valence-electron chi connectivity index (χ4n) is 2.95. The lowest BCUT2D eigenvalue weighted by molar-refractivity contribution is 0.335. The molecular formula is C14H21ClFN3. The molecule has 0 aliphatic heterocycles. The topological polar surface area (TPSA) is 55.3 Å². The van der Waals surface area contributed by atoms with Crippen molar-refractivity contribution in [3.05, 3.63) is 16.9 Å². The minimum absolute atomic E-state index is 0.0418. The molecule has 2 rings (SSSR count). The molecule has 1 aromatic rings. The summed E-state index contributed by atoms with van der Waals surface area (Å²) in [5.74, 6) is 0.148. The quantitative estimate of drug-likeness (QED) is 0.816. The highest BCUT2D eigenvalue weighted by Gasteiger charge is 2.26. The number of nitrogens with two attached hydrogens (primary N) is 2. The second-order valence-corrected chi connectivity index (χ2v) is 5.95. The van der Waals surface area contributed by atoms with E-state index in [2.05, 4.69) is 6.92 Å². The molecule has 19 heavy (non-hydrogen) atoms. The molecule has 2 atom stereocenters. The Morgan fingerprint density at radius 2 is 2.00 bits per heavy atom. The molecule has 1 aliphatic carbocycles. The summed E-state index contributed by atoms with van der Waals surface area (Å²) in [5.41, 5.74) is 12.4. The summed E-state index contributed by atoms with van der Waals surface area (Å²) in [4.78, 5) is 1.92. The summed E-state index contributed by atoms with van der Waals surface area (Å²) in [6, 6.07) is 1.84. The highest BCUT2D eigenvalue weighted by Crippen LogP contribution is 2.38. The van der Waals surface area contributed by atoms with Gasteiger partial charge in [0.05, 0.1) is 17.1 Å². The number of halogens is 2. The fraction of sp³-hybridized carbons (Fsp3) is 0.571. The molecule has 1 aliphatic rings. The van der Waals surface area contributed by atoms with Gasteiger partial charge in [-0.25, -0.2) is 4.39 Å². The third kappa shape index (κ3) is 2.73. The molecule has 1 aromatic carbocycles. The van der Waals surface area contributed by atoms with Crippen LogP contribution < -0.4 is 16.4 Å². The summed E-state index contributed by atoms with van der Waals surface area (Å²) in [6.45, 7) is 2.23. The number of anilines is 3. The predicted molar refractivity (Wildman–Crippen MR) is 80.1 cm³/mol. The van der Waals surface area contributed by atoms with Gasteiger partial charge in [-0.3, -0.25) is 0 Å². The Hall–Kier alpha value is -1.16. The van der Waals surface area contributed by atoms with Gasteiger partial charge in [-0.2, -0.15) is 0 Å². The molecule has 0 bridgehead atoms. The maximum atomic E-state index is 14.3. The molecule has 2 unspecified atom stereocenters. The Kier molecular flexibility index (Phi) is 4.09. The number of nitrogen functional groups attached to an aromatic ring is 2. The van der Waals surface area contributed by atoms with Crippen molar-refractivity contribution in [1.82, 2.24) is 0 Å². The molecule has 1 saturated carbocycles. The van der Waals surface area contributed by atoms with Crippen LogP contribution in [0.1, 0.15) is 32.6 Å². The van der Waals surface area contributed by atoms with Gasteiger partial charge < -0.3 is 16.4 Å². The van der Waals surface area contributed by atoms with Gasteiger partial charge in [-0.15, -0.1) is 0 Å². The second-order valence-electron chi connectivity index (χ2n) is 5.57. The van der Waals surface area contributed by atoms with Crippen LogP contribution in [0, 0.1) is 11.7 Å². The Labute approximate surface area is 118 Å². The monoisotopic (exact) mass is 285 g/mol. The van der Waals surface area contributed by atoms with Crippen LogP contribution in [-0.4, -0.2) is 13.1 Å². The van der Waals surface area contributed by atoms with Crippen LogP contribution in [0.4, 0.5) is 21.5 Å². The largest absolute Gasteiger partial charge is 0.397 e. The molecular weight excluding hydrogens is 265 g/mol. The first-order valence-electron chi connectivity index (χ1n) is 6.67. The lowest BCUT2D eigenvalue weighted by Gasteiger charge is -2.36. The first-order chi connectivity index (χ1) is 8.91. The summed E-state index contributed by atoms with van der Waals surface area (Å²) in [6.07, 6.45) is 4.52. The van der Waals surface area contributed by atoms with Crippen molar-refractivity contribution in [3.63, 3.8) is 0 Å². The molecule has 1 fully saturated rings. The summed E-state index contributed by atoms with van der Waals surface area (Å²) in [7, 11) is 1.88. The molecule has 0 spiro atoms. The van der Waals surface area contributed by atoms with Crippen molar-refractivity contribution in [2.24, 2.45) is 5.92 Å². The minimum Gasteiger partial charge on any atom is -0.397 e. The van der Waals surface area contributed by atoms with E-state index < -0.39 is 5.82 Å². The van der Waals surface area contributed by atoms with Crippen molar-refractivity contribution >= 4 is 28.7 Å². The van der Waals surface area contributed by atoms with Crippen LogP contribution in [0.5, 0.6) is 0 Å². The molecule has 3 nitrogen and oxygen atoms in total. The van der Waals surface area contributed by atoms with Gasteiger partial charge in [-0.05, 0) is 24.8 Å². The Morgan fingerprint density at radius 1 is 1.32 bits per heavy atom. The molecule has 0 aromatic heterocycles. The molecule has 0 amide bonds. The van der Waals surface area contributed by atoms with Crippen LogP contribution in [-0.2, 0) is 0 Å². The van der Waals surface area contributed by atoms with Crippen LogP contribution in [0.2, 0.25) is 5.02 Å². The van der Waals surface area contributed by atoms with Gasteiger partial charge in [0.25, 0.3) is 0 Å². The van der Waals surface area contributed by atoms with Crippen molar-refractivity contribution < 1.29 is 4.39 Å². The van der Waals surface area contributed by atoms with Gasteiger partial charge in [0.15, 0.2) is 5.82 Å². The zero-order chi connectivity index (χ0) is 14.2. The summed E-state index contributed by atoms with van der Waals surface area (Å²) < 4.78 is 14.3. The van der Waals surface area contributed by atoms with Crippen LogP contribution in [0.3, 0.4) is 0 Å². The van der Waals surface area contributed by atoms with Crippen LogP contribution in [0.25, 0.3) is 0 Å². The van der Waals surface area contributed by atoms with Gasteiger partial charge in [0.1, 0.15) is 5.02 Å². The van der Waals surface area contributed by atoms with Crippen molar-refractivity contribution in [3.8, 4) is 0 Å². The van der Waals surface area contributed by atoms with E-state index in [0.717, 1.165) is 12.8 Å². The third-order valence-electron chi connectivity index (χ3n) is 4.05. The number of rotatable bonds is 2. The van der Waals surface area contributed by atoms with E-state index in [1.807, 2.05) is 11.9 Å². The first kappa shape index (κ1) is 14.3. The number of hydrogen-bond acceptors (Lipinski definition) is 3. The Morgan fingerprint density at radius 3 is 2.63 bits per heavy atom. The lowest BCUT2D eigenvalue weighted by Crippen LogP contribution is -2.36. The van der Waals surface area contributed by atoms with E-state index in [0.29, 0.717) is 23.3 Å². The van der Waals surface area contributed by atoms with Gasteiger partial charge in [0, 0.05) is 13.1 Å². The zero-order valence-electron chi connectivity index (χ0n) is 11.4. The van der Waals surface area contributed by atoms with Crippen LogP contribution in [0.15, 0.2) is 6.07 Å². The summed E-state index contributed by atoms with van der Waals surface area (Å²) in [5, 5.41) is -0.0418. The highest BCUT2D eigenvalue weighted by atomic mass is 35.5. The highest BCUT2D eigenvalue weighted by molar-refractivity contribution is 6.33. The number of nitrogens with zero attached hydrogens (tertiary/aromatic N) is 1. The van der Waals surface area contributed by atoms with Crippen molar-refractivity contribution in [2.75, 3.05) is 23.4 Å². The Balaban J connectivity index is 2.33. The molecule has 0 radical (unpaired) electrons. The molecule has 4 N–H and O–H groups in total. The Bertz CT molecular complexity index is 478. The van der Waals surface area contributed by atoms with Gasteiger partial charge in [0.2, 0.25) is 0 Å². The number of benzene rings is 1. The molecule has 0 heterocycles. The zero-order valence-corrected chi connectivity index (χ0v) is 12.2. The van der Waals surface area contributed by atoms with E-state index in [9.17, 15) is 4.39 Å². The van der Waals surface area contributed by atoms with Crippen molar-refractivity contribution in [1.29, 1.82) is 0 Å². The van der Waals surface area contributed by atoms with E-state index in [4.69, 9.17) is 23.1 Å². The predicted octanol–water partition coefficient (Wildman–Crippen LogP) is 3.66. The average molecular weight is 286 g/mol. The van der Waals surface area contributed by atoms with E-state index in [1.165, 1.54) is 18.9 Å². The SMILES string of the molecule is CC1CCCC(N(C)c2c(N)cc(N)c(Cl)c2F)C1. The standard InChI is InChI=1S/C14H21ClFN3/c1-8-4-3-5-9(6-8)19(2)14-11(18)7-10(17)12(15)13(14)16/h7-9H,3-6,17-18H2,1-2H3. The first-order valence-corrected chi connectivity index (χ1v) is 7.05. The maximum Gasteiger partial charge on any atom is 0.169 e. The lowest BCUT2D eigenvalue weighted by atomic mass is 9.86. The smallest absolute Gasteiger partial charge is 0.169 e. The molecule has 5 heteroatoms. The van der Waals surface area contributed by atoms with Gasteiger partial charge >= 0.3 is 0 Å². The third-order valence-corrected chi connectivity index (χ3v) is 4.43. The van der Waals surface area contributed by atoms with Crippen LogP contribution >= 0.6 is 11.6 Å².